The minimum atomic E-state index is -2.27. The molecule has 0 bridgehead atoms. The molecule has 0 radical (unpaired) electrons. The number of aromatic amines is 2. The molecule has 10 rings (SSSR count). The second kappa shape index (κ2) is 25.7. The molecule has 1 unspecified atom stereocenters. The zero-order chi connectivity index (χ0) is 58.3. The van der Waals surface area contributed by atoms with E-state index in [9.17, 15) is 19.2 Å². The zero-order valence-electron chi connectivity index (χ0n) is 46.9. The van der Waals surface area contributed by atoms with Gasteiger partial charge in [-0.2, -0.15) is 0 Å². The van der Waals surface area contributed by atoms with Crippen LogP contribution >= 0.6 is 8.60 Å². The quantitative estimate of drug-likeness (QED) is 0.0452. The molecule has 0 amide bonds. The topological polar surface area (TPSA) is 211 Å². The smallest absolute Gasteiger partial charge is 0.332 e. The van der Waals surface area contributed by atoms with Gasteiger partial charge < -0.3 is 51.5 Å². The van der Waals surface area contributed by atoms with Gasteiger partial charge in [0.05, 0.1) is 53.9 Å². The summed E-state index contributed by atoms with van der Waals surface area (Å²) in [5.41, 5.74) is 0.321. The van der Waals surface area contributed by atoms with E-state index in [-0.39, 0.29) is 26.1 Å². The molecule has 20 heteroatoms. The fourth-order valence-electron chi connectivity index (χ4n) is 10.8. The summed E-state index contributed by atoms with van der Waals surface area (Å²) in [7, 11) is 5.60. The number of hydrogen-bond donors (Lipinski definition) is 2. The van der Waals surface area contributed by atoms with Crippen molar-refractivity contribution in [3.8, 4) is 23.0 Å². The number of aromatic nitrogens is 4. The predicted octanol–water partition coefficient (Wildman–Crippen LogP) is 8.97. The lowest BCUT2D eigenvalue weighted by Gasteiger charge is -2.39. The summed E-state index contributed by atoms with van der Waals surface area (Å²) < 4.78 is 73.1. The van der Waals surface area contributed by atoms with E-state index in [0.717, 1.165) is 33.4 Å². The molecule has 432 valence electrons. The Balaban J connectivity index is 1.01. The minimum Gasteiger partial charge on any atom is -0.497 e. The highest BCUT2D eigenvalue weighted by Crippen LogP contribution is 2.50. The third kappa shape index (κ3) is 12.1. The number of methoxy groups -OCH3 is 4. The zero-order valence-corrected chi connectivity index (χ0v) is 47.8. The number of rotatable bonds is 23. The Morgan fingerprint density at radius 1 is 0.482 bits per heavy atom. The molecule has 2 fully saturated rings. The second-order valence-corrected chi connectivity index (χ2v) is 21.3. The summed E-state index contributed by atoms with van der Waals surface area (Å²) >= 11 is 0. The molecule has 8 aromatic rings. The number of benzene rings is 6. The number of nitrogens with one attached hydrogen (secondary N) is 2. The molecule has 0 saturated carbocycles. The summed E-state index contributed by atoms with van der Waals surface area (Å²) in [6, 6.07) is 50.0. The maximum Gasteiger partial charge on any atom is 0.332 e. The summed E-state index contributed by atoms with van der Waals surface area (Å²) in [5, 5.41) is 0. The molecule has 2 aliphatic heterocycles. The summed E-state index contributed by atoms with van der Waals surface area (Å²) in [6.07, 6.45) is -2.18. The van der Waals surface area contributed by atoms with Gasteiger partial charge in [0.1, 0.15) is 58.9 Å². The number of ether oxygens (including phenoxy) is 8. The summed E-state index contributed by atoms with van der Waals surface area (Å²) in [5.74, 6) is 2.58. The highest BCUT2D eigenvalue weighted by Gasteiger charge is 2.48. The highest BCUT2D eigenvalue weighted by molar-refractivity contribution is 7.41. The monoisotopic (exact) mass is 1150 g/mol. The van der Waals surface area contributed by atoms with Crippen LogP contribution in [0.4, 0.5) is 0 Å². The lowest BCUT2D eigenvalue weighted by Crippen LogP contribution is -2.41. The van der Waals surface area contributed by atoms with E-state index >= 15 is 0 Å². The molecular formula is C63H65N4O15P. The lowest BCUT2D eigenvalue weighted by molar-refractivity contribution is -0.102. The van der Waals surface area contributed by atoms with Crippen molar-refractivity contribution in [3.05, 3.63) is 256 Å². The normalized spacial score (nSPS) is 19.3. The SMILES string of the molecule is COc1ccc(C(OC[C@H]2O[C@@H](n3cc(C)c(=O)[nH]c3=O)C[C@@H]2OP(OC)OC[C@H]2O[C@@H](n3cc(C)c(=O)[nH]c3=O)C[C@@H]2OC(c2ccccc2)(c2ccc(OC)cc2)c2ccc(OC)cc2)(c2ccccc2)c2ccc(OC)cc2)cc1. The van der Waals surface area contributed by atoms with Crippen LogP contribution in [0.5, 0.6) is 23.0 Å². The number of nitrogens with zero attached hydrogens (tertiary/aromatic N) is 2. The van der Waals surface area contributed by atoms with Gasteiger partial charge in [-0.25, -0.2) is 9.59 Å². The average Bonchev–Trinajstić information content (AvgIpc) is 3.87. The molecule has 6 aromatic carbocycles. The van der Waals surface area contributed by atoms with E-state index in [1.54, 1.807) is 42.3 Å². The van der Waals surface area contributed by atoms with Crippen molar-refractivity contribution in [1.82, 2.24) is 19.1 Å². The van der Waals surface area contributed by atoms with E-state index in [1.807, 2.05) is 158 Å². The van der Waals surface area contributed by atoms with Crippen LogP contribution in [0.1, 0.15) is 69.8 Å². The molecule has 4 heterocycles. The highest BCUT2D eigenvalue weighted by atomic mass is 31.2. The van der Waals surface area contributed by atoms with Crippen molar-refractivity contribution in [2.24, 2.45) is 0 Å². The fraction of sp³-hybridized carbons (Fsp3) is 0.302. The maximum atomic E-state index is 13.6. The molecule has 2 aromatic heterocycles. The van der Waals surface area contributed by atoms with Crippen LogP contribution in [0.25, 0.3) is 0 Å². The van der Waals surface area contributed by atoms with Crippen LogP contribution in [0.2, 0.25) is 0 Å². The molecule has 7 atom stereocenters. The van der Waals surface area contributed by atoms with Gasteiger partial charge in [0, 0.05) is 43.5 Å². The molecule has 0 spiro atoms. The predicted molar refractivity (Wildman–Crippen MR) is 309 cm³/mol. The molecule has 83 heavy (non-hydrogen) atoms. The maximum absolute atomic E-state index is 13.6. The van der Waals surface area contributed by atoms with Crippen molar-refractivity contribution in [2.75, 3.05) is 48.8 Å². The van der Waals surface area contributed by atoms with Gasteiger partial charge in [0.25, 0.3) is 11.1 Å². The van der Waals surface area contributed by atoms with Crippen LogP contribution in [-0.4, -0.2) is 92.3 Å². The van der Waals surface area contributed by atoms with E-state index in [0.29, 0.717) is 34.1 Å². The first-order valence-electron chi connectivity index (χ1n) is 26.9. The largest absolute Gasteiger partial charge is 0.497 e. The van der Waals surface area contributed by atoms with Crippen LogP contribution in [-0.2, 0) is 43.7 Å². The number of H-pyrrole nitrogens is 2. The Morgan fingerprint density at radius 2 is 0.843 bits per heavy atom. The van der Waals surface area contributed by atoms with Gasteiger partial charge in [-0.3, -0.25) is 28.7 Å². The number of aryl methyl sites for hydroxylation is 2. The van der Waals surface area contributed by atoms with Crippen molar-refractivity contribution in [1.29, 1.82) is 0 Å². The molecular weight excluding hydrogens is 1080 g/mol. The number of hydrogen-bond acceptors (Lipinski definition) is 15. The van der Waals surface area contributed by atoms with Gasteiger partial charge in [0.15, 0.2) is 0 Å². The van der Waals surface area contributed by atoms with Gasteiger partial charge in [-0.15, -0.1) is 0 Å². The summed E-state index contributed by atoms with van der Waals surface area (Å²) in [4.78, 5) is 57.3. The van der Waals surface area contributed by atoms with E-state index in [4.69, 9.17) is 51.5 Å². The van der Waals surface area contributed by atoms with E-state index in [2.05, 4.69) is 9.97 Å². The van der Waals surface area contributed by atoms with Gasteiger partial charge in [-0.1, -0.05) is 109 Å². The molecule has 19 nitrogen and oxygen atoms in total. The summed E-state index contributed by atoms with van der Waals surface area (Å²) in [6.45, 7) is 2.93. The minimum absolute atomic E-state index is 0.0971. The van der Waals surface area contributed by atoms with Crippen molar-refractivity contribution < 1.29 is 51.5 Å². The third-order valence-electron chi connectivity index (χ3n) is 15.1. The van der Waals surface area contributed by atoms with Crippen LogP contribution < -0.4 is 41.4 Å². The van der Waals surface area contributed by atoms with Crippen LogP contribution in [0, 0.1) is 13.8 Å². The first-order valence-corrected chi connectivity index (χ1v) is 28.0. The third-order valence-corrected chi connectivity index (χ3v) is 16.2. The van der Waals surface area contributed by atoms with Gasteiger partial charge >= 0.3 is 20.0 Å². The Morgan fingerprint density at radius 3 is 1.24 bits per heavy atom. The van der Waals surface area contributed by atoms with Crippen LogP contribution in [0.3, 0.4) is 0 Å². The van der Waals surface area contributed by atoms with Gasteiger partial charge in [-0.05, 0) is 95.8 Å². The van der Waals surface area contributed by atoms with Gasteiger partial charge in [0.2, 0.25) is 0 Å². The Bertz CT molecular complexity index is 3600. The first kappa shape index (κ1) is 58.2. The fourth-order valence-corrected chi connectivity index (χ4v) is 11.7. The Hall–Kier alpha value is -7.97. The Labute approximate surface area is 480 Å². The van der Waals surface area contributed by atoms with Crippen molar-refractivity contribution in [2.45, 2.75) is 74.8 Å². The van der Waals surface area contributed by atoms with E-state index in [1.165, 1.54) is 28.6 Å². The first-order chi connectivity index (χ1) is 40.3. The molecule has 0 aliphatic carbocycles. The second-order valence-electron chi connectivity index (χ2n) is 20.0. The van der Waals surface area contributed by atoms with Crippen molar-refractivity contribution >= 4 is 8.60 Å². The van der Waals surface area contributed by atoms with Crippen LogP contribution in [0.15, 0.2) is 189 Å². The molecule has 2 saturated heterocycles. The lowest BCUT2D eigenvalue weighted by atomic mass is 9.79. The van der Waals surface area contributed by atoms with Crippen molar-refractivity contribution in [3.63, 3.8) is 0 Å². The Kier molecular flexibility index (Phi) is 18.0. The molecule has 2 N–H and O–H groups in total. The average molecular weight is 1150 g/mol. The molecule has 2 aliphatic rings. The standard InChI is InChI=1S/C63H65N4O15P/c1-40-36-66(60(70)64-58(40)68)56-34-52(81-63(43-16-12-9-13-17-43,46-22-30-50(74-5)31-23-46)47-24-32-51(75-6)33-25-47)55(80-56)39-78-83(76-7)82-53-35-57(67-37-41(2)59(69)65-61(67)71)79-54(53)38-77-62(42-14-10-8-11-15-42,44-18-26-48(72-3)27-19-44)45-20-28-49(73-4)29-21-45/h8-33,36-37,52-57H,34-35,38-39H2,1-7H3,(H,64,68,70)(H,65,69,71)/t52-,53-,54+,55+,56+,57+,83?/m0/s1. The van der Waals surface area contributed by atoms with E-state index < -0.39 is 79.2 Å².